The maximum Gasteiger partial charge on any atom is 0.107 e. The molecule has 0 aromatic carbocycles. The fourth-order valence-electron chi connectivity index (χ4n) is 3.26. The van der Waals surface area contributed by atoms with Gasteiger partial charge in [0.15, 0.2) is 0 Å². The van der Waals surface area contributed by atoms with Crippen LogP contribution in [0.15, 0.2) is 0 Å². The molecule has 102 valence electrons. The average molecular weight is 251 g/mol. The van der Waals surface area contributed by atoms with Crippen LogP contribution in [0.4, 0.5) is 0 Å². The summed E-state index contributed by atoms with van der Waals surface area (Å²) >= 11 is 0. The molecule has 1 aliphatic carbocycles. The Morgan fingerprint density at radius 3 is 3.00 bits per heavy atom. The molecule has 4 nitrogen and oxygen atoms in total. The quantitative estimate of drug-likeness (QED) is 0.826. The minimum atomic E-state index is -0.568. The summed E-state index contributed by atoms with van der Waals surface area (Å²) < 4.78 is 5.64. The zero-order valence-corrected chi connectivity index (χ0v) is 11.6. The molecular weight excluding hydrogens is 226 g/mol. The predicted molar refractivity (Wildman–Crippen MR) is 70.9 cm³/mol. The van der Waals surface area contributed by atoms with Crippen molar-refractivity contribution in [3.63, 3.8) is 0 Å². The Balaban J connectivity index is 1.86. The SMILES string of the molecule is CC1CN(CCC2CCCC2(N)C#N)C(C)CO1. The fourth-order valence-corrected chi connectivity index (χ4v) is 3.26. The minimum Gasteiger partial charge on any atom is -0.376 e. The molecule has 18 heavy (non-hydrogen) atoms. The predicted octanol–water partition coefficient (Wildman–Crippen LogP) is 1.51. The number of morpholine rings is 1. The van der Waals surface area contributed by atoms with Gasteiger partial charge in [-0.15, -0.1) is 0 Å². The van der Waals surface area contributed by atoms with Gasteiger partial charge in [0, 0.05) is 12.6 Å². The Hall–Kier alpha value is -0.630. The van der Waals surface area contributed by atoms with E-state index in [2.05, 4.69) is 24.8 Å². The second-order valence-corrected chi connectivity index (χ2v) is 6.02. The van der Waals surface area contributed by atoms with E-state index in [0.717, 1.165) is 45.4 Å². The van der Waals surface area contributed by atoms with E-state index < -0.39 is 5.54 Å². The van der Waals surface area contributed by atoms with Gasteiger partial charge in [0.05, 0.1) is 18.8 Å². The number of hydrogen-bond acceptors (Lipinski definition) is 4. The summed E-state index contributed by atoms with van der Waals surface area (Å²) in [6, 6.07) is 2.82. The van der Waals surface area contributed by atoms with Crippen molar-refractivity contribution in [1.29, 1.82) is 5.26 Å². The molecular formula is C14H25N3O. The summed E-state index contributed by atoms with van der Waals surface area (Å²) in [6.45, 7) is 7.19. The molecule has 0 spiro atoms. The van der Waals surface area contributed by atoms with E-state index in [4.69, 9.17) is 10.5 Å². The topological polar surface area (TPSA) is 62.3 Å². The minimum absolute atomic E-state index is 0.323. The highest BCUT2D eigenvalue weighted by Gasteiger charge is 2.39. The lowest BCUT2D eigenvalue weighted by atomic mass is 9.87. The highest BCUT2D eigenvalue weighted by atomic mass is 16.5. The van der Waals surface area contributed by atoms with Crippen LogP contribution in [0.1, 0.15) is 39.5 Å². The zero-order chi connectivity index (χ0) is 13.2. The molecule has 4 unspecified atom stereocenters. The molecule has 0 amide bonds. The number of nitrogens with zero attached hydrogens (tertiary/aromatic N) is 2. The van der Waals surface area contributed by atoms with Crippen LogP contribution in [-0.4, -0.2) is 42.3 Å². The van der Waals surface area contributed by atoms with Crippen molar-refractivity contribution in [2.24, 2.45) is 11.7 Å². The van der Waals surface area contributed by atoms with Gasteiger partial charge in [-0.3, -0.25) is 4.90 Å². The first kappa shape index (κ1) is 13.8. The lowest BCUT2D eigenvalue weighted by Gasteiger charge is -2.38. The fraction of sp³-hybridized carbons (Fsp3) is 0.929. The first-order valence-corrected chi connectivity index (χ1v) is 7.11. The summed E-state index contributed by atoms with van der Waals surface area (Å²) in [7, 11) is 0. The lowest BCUT2D eigenvalue weighted by Crippen LogP contribution is -2.49. The third kappa shape index (κ3) is 2.85. The van der Waals surface area contributed by atoms with Gasteiger partial charge >= 0.3 is 0 Å². The average Bonchev–Trinajstić information content (AvgIpc) is 2.73. The van der Waals surface area contributed by atoms with Crippen molar-refractivity contribution < 1.29 is 4.74 Å². The first-order chi connectivity index (χ1) is 8.55. The van der Waals surface area contributed by atoms with Crippen LogP contribution in [0.25, 0.3) is 0 Å². The van der Waals surface area contributed by atoms with E-state index in [1.807, 2.05) is 0 Å². The Morgan fingerprint density at radius 1 is 1.50 bits per heavy atom. The van der Waals surface area contributed by atoms with E-state index in [0.29, 0.717) is 18.1 Å². The van der Waals surface area contributed by atoms with Crippen molar-refractivity contribution in [3.05, 3.63) is 0 Å². The van der Waals surface area contributed by atoms with Crippen molar-refractivity contribution in [2.45, 2.75) is 57.2 Å². The summed E-state index contributed by atoms with van der Waals surface area (Å²) in [5.41, 5.74) is 5.61. The standard InChI is InChI=1S/C14H25N3O/c1-11-9-18-12(2)8-17(11)7-5-13-4-3-6-14(13,16)10-15/h11-13H,3-9,16H2,1-2H3. The molecule has 0 bridgehead atoms. The van der Waals surface area contributed by atoms with E-state index in [-0.39, 0.29) is 0 Å². The van der Waals surface area contributed by atoms with Crippen LogP contribution in [0.5, 0.6) is 0 Å². The molecule has 0 aromatic heterocycles. The van der Waals surface area contributed by atoms with Crippen molar-refractivity contribution in [3.8, 4) is 6.07 Å². The van der Waals surface area contributed by atoms with Crippen molar-refractivity contribution in [2.75, 3.05) is 19.7 Å². The van der Waals surface area contributed by atoms with E-state index in [1.165, 1.54) is 0 Å². The smallest absolute Gasteiger partial charge is 0.107 e. The van der Waals surface area contributed by atoms with Crippen LogP contribution in [0, 0.1) is 17.2 Å². The molecule has 2 aliphatic rings. The number of hydrogen-bond donors (Lipinski definition) is 1. The molecule has 4 heteroatoms. The number of ether oxygens (including phenoxy) is 1. The van der Waals surface area contributed by atoms with Gasteiger partial charge in [0.25, 0.3) is 0 Å². The van der Waals surface area contributed by atoms with Gasteiger partial charge in [-0.25, -0.2) is 0 Å². The maximum absolute atomic E-state index is 9.22. The molecule has 1 aliphatic heterocycles. The van der Waals surface area contributed by atoms with Crippen LogP contribution in [0.3, 0.4) is 0 Å². The molecule has 2 fully saturated rings. The monoisotopic (exact) mass is 251 g/mol. The number of nitriles is 1. The Bertz CT molecular complexity index is 327. The van der Waals surface area contributed by atoms with Crippen molar-refractivity contribution in [1.82, 2.24) is 4.90 Å². The molecule has 1 heterocycles. The summed E-state index contributed by atoms with van der Waals surface area (Å²) in [5, 5.41) is 9.22. The normalized spacial score (nSPS) is 41.8. The summed E-state index contributed by atoms with van der Waals surface area (Å²) in [4.78, 5) is 2.48. The van der Waals surface area contributed by atoms with Gasteiger partial charge in [-0.05, 0) is 45.6 Å². The third-order valence-corrected chi connectivity index (χ3v) is 4.58. The zero-order valence-electron chi connectivity index (χ0n) is 11.6. The first-order valence-electron chi connectivity index (χ1n) is 7.11. The third-order valence-electron chi connectivity index (χ3n) is 4.58. The van der Waals surface area contributed by atoms with E-state index >= 15 is 0 Å². The summed E-state index contributed by atoms with van der Waals surface area (Å²) in [6.07, 6.45) is 4.44. The molecule has 1 saturated heterocycles. The second-order valence-electron chi connectivity index (χ2n) is 6.02. The molecule has 0 radical (unpaired) electrons. The van der Waals surface area contributed by atoms with Crippen LogP contribution >= 0.6 is 0 Å². The molecule has 2 N–H and O–H groups in total. The van der Waals surface area contributed by atoms with E-state index in [9.17, 15) is 5.26 Å². The van der Waals surface area contributed by atoms with Gasteiger partial charge in [-0.2, -0.15) is 5.26 Å². The van der Waals surface area contributed by atoms with E-state index in [1.54, 1.807) is 0 Å². The van der Waals surface area contributed by atoms with Crippen LogP contribution < -0.4 is 5.73 Å². The Kier molecular flexibility index (Phi) is 4.26. The highest BCUT2D eigenvalue weighted by molar-refractivity contribution is 5.12. The van der Waals surface area contributed by atoms with Gasteiger partial charge in [0.1, 0.15) is 5.54 Å². The van der Waals surface area contributed by atoms with Gasteiger partial charge < -0.3 is 10.5 Å². The van der Waals surface area contributed by atoms with Gasteiger partial charge in [0.2, 0.25) is 0 Å². The van der Waals surface area contributed by atoms with Crippen molar-refractivity contribution >= 4 is 0 Å². The summed E-state index contributed by atoms with van der Waals surface area (Å²) in [5.74, 6) is 0.368. The largest absolute Gasteiger partial charge is 0.376 e. The molecule has 4 atom stereocenters. The Morgan fingerprint density at radius 2 is 2.28 bits per heavy atom. The molecule has 2 rings (SSSR count). The highest BCUT2D eigenvalue weighted by Crippen LogP contribution is 2.35. The molecule has 0 aromatic rings. The van der Waals surface area contributed by atoms with Crippen LogP contribution in [-0.2, 0) is 4.74 Å². The lowest BCUT2D eigenvalue weighted by molar-refractivity contribution is -0.0510. The Labute approximate surface area is 110 Å². The number of nitrogens with two attached hydrogens (primary N) is 1. The van der Waals surface area contributed by atoms with Gasteiger partial charge in [-0.1, -0.05) is 6.42 Å². The molecule has 1 saturated carbocycles. The second kappa shape index (κ2) is 5.56. The van der Waals surface area contributed by atoms with Crippen LogP contribution in [0.2, 0.25) is 0 Å². The maximum atomic E-state index is 9.22. The number of rotatable bonds is 3.